The van der Waals surface area contributed by atoms with Crippen LogP contribution in [0.5, 0.6) is 0 Å². The molecule has 0 rings (SSSR count). The van der Waals surface area contributed by atoms with Crippen LogP contribution in [0.4, 0.5) is 4.79 Å². The van der Waals surface area contributed by atoms with Crippen LogP contribution in [0, 0.1) is 5.92 Å². The molecule has 0 aliphatic rings. The normalized spacial score (nSPS) is 12.2. The average Bonchev–Trinajstić information content (AvgIpc) is 2.25. The quantitative estimate of drug-likeness (QED) is 0.655. The molecule has 1 amide bonds. The Balaban J connectivity index is 3.98. The van der Waals surface area contributed by atoms with Crippen molar-refractivity contribution in [3.05, 3.63) is 0 Å². The number of carboxylic acids is 1. The number of carbonyl (C=O) groups is 2. The summed E-state index contributed by atoms with van der Waals surface area (Å²) < 4.78 is 4.87. The lowest BCUT2D eigenvalue weighted by Crippen LogP contribution is -2.41. The summed E-state index contributed by atoms with van der Waals surface area (Å²) in [4.78, 5) is 22.2. The Bertz CT molecular complexity index is 246. The topological polar surface area (TPSA) is 75.6 Å². The third kappa shape index (κ3) is 8.85. The highest BCUT2D eigenvalue weighted by Gasteiger charge is 2.20. The first kappa shape index (κ1) is 16.1. The summed E-state index contributed by atoms with van der Waals surface area (Å²) in [5.41, 5.74) is 0. The van der Waals surface area contributed by atoms with Crippen molar-refractivity contribution in [1.29, 1.82) is 0 Å². The number of thioether (sulfide) groups is 1. The number of amides is 1. The lowest BCUT2D eigenvalue weighted by atomic mass is 10.2. The van der Waals surface area contributed by atoms with Gasteiger partial charge in [0.25, 0.3) is 0 Å². The largest absolute Gasteiger partial charge is 0.480 e. The molecule has 0 aromatic rings. The molecular formula is C11H21NO4S. The molecule has 0 aromatic heterocycles. The van der Waals surface area contributed by atoms with Gasteiger partial charge in [-0.2, -0.15) is 11.8 Å². The number of hydrogen-bond donors (Lipinski definition) is 2. The second-order valence-corrected chi connectivity index (χ2v) is 5.41. The summed E-state index contributed by atoms with van der Waals surface area (Å²) in [6.45, 7) is 6.13. The van der Waals surface area contributed by atoms with Gasteiger partial charge in [-0.1, -0.05) is 20.8 Å². The van der Waals surface area contributed by atoms with E-state index in [1.54, 1.807) is 11.8 Å². The van der Waals surface area contributed by atoms with E-state index in [1.807, 2.05) is 20.8 Å². The van der Waals surface area contributed by atoms with Crippen molar-refractivity contribution in [2.75, 3.05) is 18.1 Å². The summed E-state index contributed by atoms with van der Waals surface area (Å²) in [5, 5.41) is 11.3. The number of aliphatic carboxylic acids is 1. The Hall–Kier alpha value is -0.910. The minimum Gasteiger partial charge on any atom is -0.480 e. The molecule has 0 saturated heterocycles. The molecule has 0 spiro atoms. The van der Waals surface area contributed by atoms with E-state index >= 15 is 0 Å². The second kappa shape index (κ2) is 9.15. The first-order valence-corrected chi connectivity index (χ1v) is 6.86. The number of carboxylic acid groups (broad SMARTS) is 1. The SMILES string of the molecule is CCSCCC(NC(=O)OCC(C)C)C(=O)O. The fourth-order valence-corrected chi connectivity index (χ4v) is 1.72. The van der Waals surface area contributed by atoms with Gasteiger partial charge in [0.15, 0.2) is 0 Å². The fourth-order valence-electron chi connectivity index (χ4n) is 1.03. The van der Waals surface area contributed by atoms with E-state index in [0.29, 0.717) is 18.8 Å². The van der Waals surface area contributed by atoms with Gasteiger partial charge in [0.1, 0.15) is 6.04 Å². The fraction of sp³-hybridized carbons (Fsp3) is 0.818. The molecule has 6 heteroatoms. The van der Waals surface area contributed by atoms with Crippen LogP contribution in [-0.4, -0.2) is 41.3 Å². The first-order chi connectivity index (χ1) is 7.97. The third-order valence-corrected chi connectivity index (χ3v) is 2.83. The van der Waals surface area contributed by atoms with Crippen LogP contribution in [0.25, 0.3) is 0 Å². The number of rotatable bonds is 8. The van der Waals surface area contributed by atoms with Gasteiger partial charge in [-0.25, -0.2) is 9.59 Å². The molecule has 100 valence electrons. The van der Waals surface area contributed by atoms with E-state index in [1.165, 1.54) is 0 Å². The standard InChI is InChI=1S/C11H21NO4S/c1-4-17-6-5-9(10(13)14)12-11(15)16-7-8(2)3/h8-9H,4-7H2,1-3H3,(H,12,15)(H,13,14). The van der Waals surface area contributed by atoms with Crippen molar-refractivity contribution in [1.82, 2.24) is 5.32 Å². The molecule has 0 aliphatic carbocycles. The zero-order chi connectivity index (χ0) is 13.3. The van der Waals surface area contributed by atoms with Crippen molar-refractivity contribution in [2.45, 2.75) is 33.2 Å². The summed E-state index contributed by atoms with van der Waals surface area (Å²) >= 11 is 1.64. The van der Waals surface area contributed by atoms with Crippen molar-refractivity contribution < 1.29 is 19.4 Å². The highest BCUT2D eigenvalue weighted by molar-refractivity contribution is 7.99. The molecule has 0 bridgehead atoms. The van der Waals surface area contributed by atoms with Gasteiger partial charge < -0.3 is 15.2 Å². The van der Waals surface area contributed by atoms with Crippen molar-refractivity contribution in [2.24, 2.45) is 5.92 Å². The summed E-state index contributed by atoms with van der Waals surface area (Å²) in [6.07, 6.45) is -0.252. The molecule has 0 aliphatic heterocycles. The van der Waals surface area contributed by atoms with Gasteiger partial charge >= 0.3 is 12.1 Å². The number of ether oxygens (including phenoxy) is 1. The number of alkyl carbamates (subject to hydrolysis) is 1. The van der Waals surface area contributed by atoms with Crippen molar-refractivity contribution in [3.63, 3.8) is 0 Å². The highest BCUT2D eigenvalue weighted by atomic mass is 32.2. The lowest BCUT2D eigenvalue weighted by Gasteiger charge is -2.14. The monoisotopic (exact) mass is 263 g/mol. The second-order valence-electron chi connectivity index (χ2n) is 4.01. The maximum absolute atomic E-state index is 11.3. The molecule has 0 heterocycles. The van der Waals surface area contributed by atoms with Gasteiger partial charge in [0, 0.05) is 0 Å². The molecule has 0 fully saturated rings. The van der Waals surface area contributed by atoms with E-state index in [0.717, 1.165) is 5.75 Å². The summed E-state index contributed by atoms with van der Waals surface area (Å²) in [7, 11) is 0. The Kier molecular flexibility index (Phi) is 8.66. The molecule has 1 unspecified atom stereocenters. The van der Waals surface area contributed by atoms with Crippen LogP contribution in [0.3, 0.4) is 0 Å². The molecule has 5 nitrogen and oxygen atoms in total. The molecule has 0 saturated carbocycles. The number of hydrogen-bond acceptors (Lipinski definition) is 4. The summed E-state index contributed by atoms with van der Waals surface area (Å²) in [5.74, 6) is 0.852. The predicted octanol–water partition coefficient (Wildman–Crippen LogP) is 1.97. The van der Waals surface area contributed by atoms with E-state index in [9.17, 15) is 9.59 Å². The summed E-state index contributed by atoms with van der Waals surface area (Å²) in [6, 6.07) is -0.867. The van der Waals surface area contributed by atoms with Crippen molar-refractivity contribution in [3.8, 4) is 0 Å². The maximum Gasteiger partial charge on any atom is 0.407 e. The molecule has 2 N–H and O–H groups in total. The zero-order valence-electron chi connectivity index (χ0n) is 10.6. The van der Waals surface area contributed by atoms with E-state index in [2.05, 4.69) is 5.32 Å². The number of carbonyl (C=O) groups excluding carboxylic acids is 1. The van der Waals surface area contributed by atoms with Crippen LogP contribution in [0.2, 0.25) is 0 Å². The molecule has 17 heavy (non-hydrogen) atoms. The maximum atomic E-state index is 11.3. The first-order valence-electron chi connectivity index (χ1n) is 5.71. The van der Waals surface area contributed by atoms with E-state index in [4.69, 9.17) is 9.84 Å². The third-order valence-electron chi connectivity index (χ3n) is 1.89. The predicted molar refractivity (Wildman–Crippen MR) is 68.4 cm³/mol. The van der Waals surface area contributed by atoms with E-state index in [-0.39, 0.29) is 5.92 Å². The van der Waals surface area contributed by atoms with Gasteiger partial charge in [-0.15, -0.1) is 0 Å². The molecule has 0 aromatic carbocycles. The molecular weight excluding hydrogens is 242 g/mol. The Labute approximate surface area is 106 Å². The minimum absolute atomic E-state index is 0.236. The molecule has 1 atom stereocenters. The van der Waals surface area contributed by atoms with Gasteiger partial charge in [0.2, 0.25) is 0 Å². The Morgan fingerprint density at radius 1 is 1.41 bits per heavy atom. The average molecular weight is 263 g/mol. The van der Waals surface area contributed by atoms with Crippen LogP contribution in [0.1, 0.15) is 27.2 Å². The van der Waals surface area contributed by atoms with Crippen LogP contribution >= 0.6 is 11.8 Å². The van der Waals surface area contributed by atoms with Gasteiger partial charge in [-0.3, -0.25) is 0 Å². The van der Waals surface area contributed by atoms with Crippen LogP contribution < -0.4 is 5.32 Å². The minimum atomic E-state index is -1.02. The van der Waals surface area contributed by atoms with Crippen molar-refractivity contribution >= 4 is 23.8 Å². The smallest absolute Gasteiger partial charge is 0.407 e. The van der Waals surface area contributed by atoms with Crippen LogP contribution in [0.15, 0.2) is 0 Å². The zero-order valence-corrected chi connectivity index (χ0v) is 11.4. The molecule has 0 radical (unpaired) electrons. The van der Waals surface area contributed by atoms with Gasteiger partial charge in [0.05, 0.1) is 6.61 Å². The highest BCUT2D eigenvalue weighted by Crippen LogP contribution is 2.05. The van der Waals surface area contributed by atoms with Gasteiger partial charge in [-0.05, 0) is 23.8 Å². The Morgan fingerprint density at radius 3 is 2.53 bits per heavy atom. The number of nitrogens with one attached hydrogen (secondary N) is 1. The lowest BCUT2D eigenvalue weighted by molar-refractivity contribution is -0.139. The Morgan fingerprint density at radius 2 is 2.06 bits per heavy atom. The van der Waals surface area contributed by atoms with Crippen LogP contribution in [-0.2, 0) is 9.53 Å². The van der Waals surface area contributed by atoms with E-state index < -0.39 is 18.1 Å².